The van der Waals surface area contributed by atoms with Crippen LogP contribution < -0.4 is 22.1 Å². The molecule has 0 radical (unpaired) electrons. The summed E-state index contributed by atoms with van der Waals surface area (Å²) in [6, 6.07) is 0.341. The highest BCUT2D eigenvalue weighted by molar-refractivity contribution is 4.88. The third-order valence-corrected chi connectivity index (χ3v) is 2.75. The van der Waals surface area contributed by atoms with Gasteiger partial charge in [0.25, 0.3) is 0 Å². The van der Waals surface area contributed by atoms with E-state index in [1.807, 2.05) is 0 Å². The van der Waals surface area contributed by atoms with Crippen molar-refractivity contribution in [2.45, 2.75) is 31.1 Å². The predicted octanol–water partition coefficient (Wildman–Crippen LogP) is -1.50. The van der Waals surface area contributed by atoms with E-state index in [1.54, 1.807) is 0 Å². The van der Waals surface area contributed by atoms with E-state index in [9.17, 15) is 0 Å². The van der Waals surface area contributed by atoms with Crippen molar-refractivity contribution < 1.29 is 0 Å². The summed E-state index contributed by atoms with van der Waals surface area (Å²) in [6.07, 6.45) is 2.27. The lowest BCUT2D eigenvalue weighted by molar-refractivity contribution is 0.274. The summed E-state index contributed by atoms with van der Waals surface area (Å²) in [6.45, 7) is 2.96. The molecule has 0 amide bonds. The van der Waals surface area contributed by atoms with Gasteiger partial charge in [-0.1, -0.05) is 0 Å². The number of piperidine rings is 1. The van der Waals surface area contributed by atoms with Gasteiger partial charge in [0.15, 0.2) is 0 Å². The van der Waals surface area contributed by atoms with Crippen molar-refractivity contribution in [3.63, 3.8) is 0 Å². The van der Waals surface area contributed by atoms with Crippen LogP contribution in [-0.2, 0) is 0 Å². The third-order valence-electron chi connectivity index (χ3n) is 2.75. The minimum atomic E-state index is 0.133. The molecular weight excluding hydrogens is 190 g/mol. The van der Waals surface area contributed by atoms with Gasteiger partial charge < -0.3 is 21.7 Å². The molecule has 3 unspecified atom stereocenters. The topological polar surface area (TPSA) is 79.3 Å². The van der Waals surface area contributed by atoms with Gasteiger partial charge in [-0.25, -0.2) is 0 Å². The molecule has 1 aliphatic rings. The summed E-state index contributed by atoms with van der Waals surface area (Å²) in [7, 11) is 4.17. The van der Waals surface area contributed by atoms with Crippen LogP contribution in [0.1, 0.15) is 12.8 Å². The van der Waals surface area contributed by atoms with Gasteiger partial charge in [0.05, 0.1) is 6.17 Å². The van der Waals surface area contributed by atoms with Crippen LogP contribution in [0.15, 0.2) is 0 Å². The molecular formula is C10H25N5. The number of nitrogens with zero attached hydrogens (tertiary/aromatic N) is 1. The quantitative estimate of drug-likeness (QED) is 0.420. The number of hydrogen-bond acceptors (Lipinski definition) is 5. The van der Waals surface area contributed by atoms with Crippen LogP contribution in [0.2, 0.25) is 0 Å². The van der Waals surface area contributed by atoms with Crippen molar-refractivity contribution in [3.8, 4) is 0 Å². The molecule has 15 heavy (non-hydrogen) atoms. The number of nitrogens with one attached hydrogen (secondary N) is 2. The van der Waals surface area contributed by atoms with Gasteiger partial charge >= 0.3 is 0 Å². The van der Waals surface area contributed by atoms with Gasteiger partial charge in [-0.05, 0) is 40.0 Å². The molecule has 90 valence electrons. The highest BCUT2D eigenvalue weighted by atomic mass is 15.2. The Labute approximate surface area is 92.6 Å². The van der Waals surface area contributed by atoms with Crippen LogP contribution in [0.5, 0.6) is 0 Å². The van der Waals surface area contributed by atoms with Crippen LogP contribution in [-0.4, -0.2) is 56.9 Å². The summed E-state index contributed by atoms with van der Waals surface area (Å²) in [5, 5.41) is 6.76. The second-order valence-corrected chi connectivity index (χ2v) is 4.66. The average molecular weight is 215 g/mol. The molecule has 0 spiro atoms. The van der Waals surface area contributed by atoms with Gasteiger partial charge in [0.2, 0.25) is 0 Å². The summed E-state index contributed by atoms with van der Waals surface area (Å²) < 4.78 is 0. The maximum atomic E-state index is 6.00. The van der Waals surface area contributed by atoms with E-state index in [0.29, 0.717) is 0 Å². The van der Waals surface area contributed by atoms with Crippen molar-refractivity contribution in [1.29, 1.82) is 0 Å². The SMILES string of the molecule is CN(C)CCCNC1NCC(N)CC1N. The molecule has 1 heterocycles. The fraction of sp³-hybridized carbons (Fsp3) is 1.00. The van der Waals surface area contributed by atoms with Gasteiger partial charge in [-0.15, -0.1) is 0 Å². The zero-order valence-electron chi connectivity index (χ0n) is 9.87. The average Bonchev–Trinajstić information content (AvgIpc) is 2.14. The molecule has 1 saturated heterocycles. The van der Waals surface area contributed by atoms with Gasteiger partial charge in [-0.2, -0.15) is 0 Å². The Balaban J connectivity index is 2.10. The van der Waals surface area contributed by atoms with Crippen LogP contribution >= 0.6 is 0 Å². The molecule has 0 bridgehead atoms. The number of hydrogen-bond donors (Lipinski definition) is 4. The number of rotatable bonds is 5. The molecule has 1 aliphatic heterocycles. The largest absolute Gasteiger partial charge is 0.326 e. The molecule has 0 aromatic rings. The van der Waals surface area contributed by atoms with Crippen LogP contribution in [0.25, 0.3) is 0 Å². The highest BCUT2D eigenvalue weighted by Gasteiger charge is 2.24. The maximum Gasteiger partial charge on any atom is 0.0729 e. The third kappa shape index (κ3) is 4.90. The molecule has 5 nitrogen and oxygen atoms in total. The lowest BCUT2D eigenvalue weighted by Gasteiger charge is -2.34. The monoisotopic (exact) mass is 215 g/mol. The van der Waals surface area contributed by atoms with Crippen molar-refractivity contribution in [1.82, 2.24) is 15.5 Å². The fourth-order valence-corrected chi connectivity index (χ4v) is 1.88. The minimum Gasteiger partial charge on any atom is -0.326 e. The van der Waals surface area contributed by atoms with E-state index in [1.165, 1.54) is 0 Å². The zero-order chi connectivity index (χ0) is 11.3. The first-order valence-electron chi connectivity index (χ1n) is 5.72. The molecule has 0 aromatic carbocycles. The van der Waals surface area contributed by atoms with E-state index < -0.39 is 0 Å². The maximum absolute atomic E-state index is 6.00. The van der Waals surface area contributed by atoms with E-state index >= 15 is 0 Å². The first kappa shape index (κ1) is 12.9. The lowest BCUT2D eigenvalue weighted by atomic mass is 10.0. The molecule has 1 rings (SSSR count). The van der Waals surface area contributed by atoms with Gasteiger partial charge in [-0.3, -0.25) is 5.32 Å². The first-order valence-corrected chi connectivity index (χ1v) is 5.72. The lowest BCUT2D eigenvalue weighted by Crippen LogP contribution is -2.62. The van der Waals surface area contributed by atoms with Crippen molar-refractivity contribution in [2.24, 2.45) is 11.5 Å². The Kier molecular flexibility index (Phi) is 5.49. The molecule has 5 heteroatoms. The summed E-state index contributed by atoms with van der Waals surface area (Å²) >= 11 is 0. The molecule has 0 saturated carbocycles. The van der Waals surface area contributed by atoms with Crippen LogP contribution in [0.4, 0.5) is 0 Å². The van der Waals surface area contributed by atoms with E-state index in [0.717, 1.165) is 32.5 Å². The van der Waals surface area contributed by atoms with Gasteiger partial charge in [0.1, 0.15) is 0 Å². The zero-order valence-corrected chi connectivity index (χ0v) is 9.87. The second kappa shape index (κ2) is 6.40. The predicted molar refractivity (Wildman–Crippen MR) is 63.5 cm³/mol. The van der Waals surface area contributed by atoms with Crippen LogP contribution in [0, 0.1) is 0 Å². The smallest absolute Gasteiger partial charge is 0.0729 e. The highest BCUT2D eigenvalue weighted by Crippen LogP contribution is 2.03. The van der Waals surface area contributed by atoms with Gasteiger partial charge in [0, 0.05) is 18.6 Å². The standard InChI is InChI=1S/C10H25N5/c1-15(2)5-3-4-13-10-9(12)6-8(11)7-14-10/h8-10,13-14H,3-7,11-12H2,1-2H3. The second-order valence-electron chi connectivity index (χ2n) is 4.66. The number of nitrogens with two attached hydrogens (primary N) is 2. The van der Waals surface area contributed by atoms with Crippen molar-refractivity contribution in [2.75, 3.05) is 33.7 Å². The molecule has 1 fully saturated rings. The van der Waals surface area contributed by atoms with E-state index in [2.05, 4.69) is 29.6 Å². The summed E-state index contributed by atoms with van der Waals surface area (Å²) in [5.74, 6) is 0. The van der Waals surface area contributed by atoms with Crippen molar-refractivity contribution >= 4 is 0 Å². The Morgan fingerprint density at radius 3 is 2.73 bits per heavy atom. The Morgan fingerprint density at radius 1 is 1.40 bits per heavy atom. The molecule has 3 atom stereocenters. The molecule has 0 aliphatic carbocycles. The first-order chi connectivity index (χ1) is 7.09. The molecule has 0 aromatic heterocycles. The van der Waals surface area contributed by atoms with E-state index in [4.69, 9.17) is 11.5 Å². The Hall–Kier alpha value is -0.200. The molecule has 6 N–H and O–H groups in total. The normalized spacial score (nSPS) is 32.2. The minimum absolute atomic E-state index is 0.133. The Bertz CT molecular complexity index is 173. The fourth-order valence-electron chi connectivity index (χ4n) is 1.88. The van der Waals surface area contributed by atoms with E-state index in [-0.39, 0.29) is 18.2 Å². The van der Waals surface area contributed by atoms with Crippen molar-refractivity contribution in [3.05, 3.63) is 0 Å². The summed E-state index contributed by atoms with van der Waals surface area (Å²) in [4.78, 5) is 2.19. The summed E-state index contributed by atoms with van der Waals surface area (Å²) in [5.41, 5.74) is 11.8. The van der Waals surface area contributed by atoms with Crippen LogP contribution in [0.3, 0.4) is 0 Å². The Morgan fingerprint density at radius 2 is 2.13 bits per heavy atom.